The fraction of sp³-hybridized carbons (Fsp3) is 1.00. The molecule has 11 heavy (non-hydrogen) atoms. The molecule has 0 amide bonds. The Morgan fingerprint density at radius 3 is 2.45 bits per heavy atom. The Balaban J connectivity index is 2.51. The van der Waals surface area contributed by atoms with E-state index < -0.39 is 5.92 Å². The minimum atomic E-state index is -2.38. The van der Waals surface area contributed by atoms with Gasteiger partial charge in [0.05, 0.1) is 0 Å². The van der Waals surface area contributed by atoms with Gasteiger partial charge in [-0.25, -0.2) is 8.78 Å². The second-order valence-corrected chi connectivity index (χ2v) is 3.88. The maximum atomic E-state index is 12.9. The summed E-state index contributed by atoms with van der Waals surface area (Å²) >= 11 is 0. The van der Waals surface area contributed by atoms with E-state index in [2.05, 4.69) is 0 Å². The normalized spacial score (nSPS) is 37.1. The molecule has 0 aromatic rings. The van der Waals surface area contributed by atoms with Gasteiger partial charge in [0.1, 0.15) is 0 Å². The number of halogens is 2. The first-order valence-electron chi connectivity index (χ1n) is 4.41. The summed E-state index contributed by atoms with van der Waals surface area (Å²) in [6.45, 7) is 3.93. The van der Waals surface area contributed by atoms with Gasteiger partial charge in [-0.2, -0.15) is 0 Å². The van der Waals surface area contributed by atoms with Crippen LogP contribution in [0.2, 0.25) is 0 Å². The molecule has 2 atom stereocenters. The molecule has 0 aromatic carbocycles. The minimum absolute atomic E-state index is 0.101. The molecule has 1 rings (SSSR count). The molecule has 0 aromatic heterocycles. The number of rotatable bonds is 1. The van der Waals surface area contributed by atoms with Crippen molar-refractivity contribution in [2.24, 2.45) is 11.8 Å². The van der Waals surface area contributed by atoms with Gasteiger partial charge in [0.25, 0.3) is 0 Å². The van der Waals surface area contributed by atoms with Crippen LogP contribution >= 0.6 is 0 Å². The van der Waals surface area contributed by atoms with Crippen LogP contribution in [0.25, 0.3) is 0 Å². The Hall–Kier alpha value is -0.140. The lowest BCUT2D eigenvalue weighted by molar-refractivity contribution is -0.0696. The molecule has 0 spiro atoms. The third kappa shape index (κ3) is 2.42. The van der Waals surface area contributed by atoms with E-state index in [1.165, 1.54) is 0 Å². The molecule has 0 N–H and O–H groups in total. The fourth-order valence-corrected chi connectivity index (χ4v) is 2.06. The Labute approximate surface area is 67.0 Å². The molecular formula is C9H16F2. The molecular weight excluding hydrogens is 146 g/mol. The third-order valence-corrected chi connectivity index (χ3v) is 2.55. The molecule has 0 saturated heterocycles. The zero-order chi connectivity index (χ0) is 8.48. The summed E-state index contributed by atoms with van der Waals surface area (Å²) in [6.07, 6.45) is 2.11. The average molecular weight is 162 g/mol. The molecule has 1 saturated carbocycles. The van der Waals surface area contributed by atoms with E-state index in [0.29, 0.717) is 0 Å². The van der Waals surface area contributed by atoms with Crippen LogP contribution in [0, 0.1) is 11.8 Å². The predicted octanol–water partition coefficient (Wildman–Crippen LogP) is 3.47. The summed E-state index contributed by atoms with van der Waals surface area (Å²) in [5.74, 6) is -1.91. The largest absolute Gasteiger partial charge is 0.248 e. The van der Waals surface area contributed by atoms with Gasteiger partial charge in [0, 0.05) is 12.8 Å². The lowest BCUT2D eigenvalue weighted by atomic mass is 9.79. The van der Waals surface area contributed by atoms with Crippen molar-refractivity contribution < 1.29 is 8.78 Å². The molecule has 0 radical (unpaired) electrons. The predicted molar refractivity (Wildman–Crippen MR) is 41.7 cm³/mol. The summed E-state index contributed by atoms with van der Waals surface area (Å²) in [5, 5.41) is 0. The standard InChI is InChI=1S/C9H16F2/c1-3-8-4-7(2)5-9(10,11)6-8/h7-8H,3-6H2,1-2H3/t7-,8-/m1/s1. The maximum Gasteiger partial charge on any atom is 0.248 e. The highest BCUT2D eigenvalue weighted by molar-refractivity contribution is 4.81. The van der Waals surface area contributed by atoms with E-state index in [1.807, 2.05) is 13.8 Å². The SMILES string of the molecule is CC[C@@H]1C[C@@H](C)CC(F)(F)C1. The Morgan fingerprint density at radius 1 is 1.36 bits per heavy atom. The van der Waals surface area contributed by atoms with Gasteiger partial charge in [-0.15, -0.1) is 0 Å². The summed E-state index contributed by atoms with van der Waals surface area (Å²) in [6, 6.07) is 0. The molecule has 1 aliphatic rings. The van der Waals surface area contributed by atoms with Gasteiger partial charge in [-0.05, 0) is 18.3 Å². The van der Waals surface area contributed by atoms with Crippen LogP contribution in [-0.4, -0.2) is 5.92 Å². The average Bonchev–Trinajstić information content (AvgIpc) is 1.83. The Bertz CT molecular complexity index is 132. The van der Waals surface area contributed by atoms with Crippen molar-refractivity contribution in [3.8, 4) is 0 Å². The van der Waals surface area contributed by atoms with Gasteiger partial charge in [0.2, 0.25) is 5.92 Å². The third-order valence-electron chi connectivity index (χ3n) is 2.55. The molecule has 1 fully saturated rings. The topological polar surface area (TPSA) is 0 Å². The van der Waals surface area contributed by atoms with Crippen LogP contribution < -0.4 is 0 Å². The minimum Gasteiger partial charge on any atom is -0.207 e. The first kappa shape index (κ1) is 8.95. The van der Waals surface area contributed by atoms with E-state index in [9.17, 15) is 8.78 Å². The van der Waals surface area contributed by atoms with Gasteiger partial charge >= 0.3 is 0 Å². The van der Waals surface area contributed by atoms with Crippen LogP contribution in [0.3, 0.4) is 0 Å². The molecule has 2 heteroatoms. The molecule has 66 valence electrons. The molecule has 0 unspecified atom stereocenters. The van der Waals surface area contributed by atoms with Crippen molar-refractivity contribution in [2.45, 2.75) is 45.5 Å². The smallest absolute Gasteiger partial charge is 0.207 e. The van der Waals surface area contributed by atoms with Gasteiger partial charge in [-0.1, -0.05) is 20.3 Å². The van der Waals surface area contributed by atoms with Crippen molar-refractivity contribution in [3.63, 3.8) is 0 Å². The fourth-order valence-electron chi connectivity index (χ4n) is 2.06. The lowest BCUT2D eigenvalue weighted by Crippen LogP contribution is -2.30. The van der Waals surface area contributed by atoms with E-state index in [-0.39, 0.29) is 24.7 Å². The van der Waals surface area contributed by atoms with Crippen molar-refractivity contribution in [1.82, 2.24) is 0 Å². The molecule has 0 bridgehead atoms. The van der Waals surface area contributed by atoms with Crippen molar-refractivity contribution in [2.75, 3.05) is 0 Å². The highest BCUT2D eigenvalue weighted by Gasteiger charge is 2.38. The lowest BCUT2D eigenvalue weighted by Gasteiger charge is -2.32. The summed E-state index contributed by atoms with van der Waals surface area (Å²) < 4.78 is 25.8. The second-order valence-electron chi connectivity index (χ2n) is 3.88. The highest BCUT2D eigenvalue weighted by atomic mass is 19.3. The number of hydrogen-bond acceptors (Lipinski definition) is 0. The molecule has 1 aliphatic carbocycles. The quantitative estimate of drug-likeness (QED) is 0.553. The van der Waals surface area contributed by atoms with Crippen molar-refractivity contribution >= 4 is 0 Å². The zero-order valence-corrected chi connectivity index (χ0v) is 7.24. The van der Waals surface area contributed by atoms with Crippen LogP contribution in [0.1, 0.15) is 39.5 Å². The van der Waals surface area contributed by atoms with E-state index >= 15 is 0 Å². The molecule has 0 heterocycles. The first-order valence-corrected chi connectivity index (χ1v) is 4.41. The zero-order valence-electron chi connectivity index (χ0n) is 7.24. The number of hydrogen-bond donors (Lipinski definition) is 0. The monoisotopic (exact) mass is 162 g/mol. The van der Waals surface area contributed by atoms with Crippen LogP contribution in [-0.2, 0) is 0 Å². The Kier molecular flexibility index (Phi) is 2.50. The molecule has 0 nitrogen and oxygen atoms in total. The number of alkyl halides is 2. The van der Waals surface area contributed by atoms with Gasteiger partial charge < -0.3 is 0 Å². The van der Waals surface area contributed by atoms with Crippen LogP contribution in [0.4, 0.5) is 8.78 Å². The highest BCUT2D eigenvalue weighted by Crippen LogP contribution is 2.40. The van der Waals surface area contributed by atoms with Gasteiger partial charge in [-0.3, -0.25) is 0 Å². The van der Waals surface area contributed by atoms with Gasteiger partial charge in [0.15, 0.2) is 0 Å². The Morgan fingerprint density at radius 2 is 2.00 bits per heavy atom. The van der Waals surface area contributed by atoms with Crippen LogP contribution in [0.15, 0.2) is 0 Å². The van der Waals surface area contributed by atoms with E-state index in [4.69, 9.17) is 0 Å². The summed E-state index contributed by atoms with van der Waals surface area (Å²) in [5.41, 5.74) is 0. The van der Waals surface area contributed by atoms with E-state index in [1.54, 1.807) is 0 Å². The first-order chi connectivity index (χ1) is 5.03. The second kappa shape index (κ2) is 3.08. The van der Waals surface area contributed by atoms with E-state index in [0.717, 1.165) is 12.8 Å². The summed E-state index contributed by atoms with van der Waals surface area (Å²) in [7, 11) is 0. The van der Waals surface area contributed by atoms with Crippen LogP contribution in [0.5, 0.6) is 0 Å². The summed E-state index contributed by atoms with van der Waals surface area (Å²) in [4.78, 5) is 0. The molecule has 0 aliphatic heterocycles. The van der Waals surface area contributed by atoms with Crippen molar-refractivity contribution in [1.29, 1.82) is 0 Å². The maximum absolute atomic E-state index is 12.9. The van der Waals surface area contributed by atoms with Crippen molar-refractivity contribution in [3.05, 3.63) is 0 Å².